The van der Waals surface area contributed by atoms with Crippen molar-refractivity contribution in [1.82, 2.24) is 19.9 Å². The van der Waals surface area contributed by atoms with Gasteiger partial charge in [-0.25, -0.2) is 4.68 Å². The van der Waals surface area contributed by atoms with Crippen molar-refractivity contribution in [3.05, 3.63) is 47.8 Å². The number of piperidine rings is 1. The topological polar surface area (TPSA) is 51.0 Å². The molecule has 132 valence electrons. The van der Waals surface area contributed by atoms with E-state index in [4.69, 9.17) is 0 Å². The van der Waals surface area contributed by atoms with Crippen molar-refractivity contribution in [2.75, 3.05) is 0 Å². The number of carbonyl (C=O) groups is 1. The fourth-order valence-corrected chi connectivity index (χ4v) is 4.09. The second kappa shape index (κ2) is 5.86. The maximum Gasteiger partial charge on any atom is 0.416 e. The third-order valence-electron chi connectivity index (χ3n) is 5.19. The molecule has 1 aromatic heterocycles. The highest BCUT2D eigenvalue weighted by Gasteiger charge is 2.44. The number of fused-ring (bicyclic) bond motifs is 2. The van der Waals surface area contributed by atoms with Gasteiger partial charge in [0.1, 0.15) is 0 Å². The van der Waals surface area contributed by atoms with Crippen molar-refractivity contribution in [1.29, 1.82) is 0 Å². The van der Waals surface area contributed by atoms with Gasteiger partial charge in [-0.05, 0) is 43.9 Å². The molecule has 3 heterocycles. The fraction of sp³-hybridized carbons (Fsp3) is 0.471. The molecule has 2 saturated heterocycles. The summed E-state index contributed by atoms with van der Waals surface area (Å²) in [7, 11) is 0. The summed E-state index contributed by atoms with van der Waals surface area (Å²) < 4.78 is 40.5. The van der Waals surface area contributed by atoms with Gasteiger partial charge in [0.15, 0.2) is 0 Å². The quantitative estimate of drug-likeness (QED) is 0.835. The summed E-state index contributed by atoms with van der Waals surface area (Å²) >= 11 is 0. The number of rotatable bonds is 2. The molecule has 2 aliphatic heterocycles. The Kier molecular flexibility index (Phi) is 3.77. The largest absolute Gasteiger partial charge is 0.416 e. The highest BCUT2D eigenvalue weighted by molar-refractivity contribution is 5.95. The second-order valence-corrected chi connectivity index (χ2v) is 6.68. The second-order valence-electron chi connectivity index (χ2n) is 6.68. The Morgan fingerprint density at radius 3 is 2.44 bits per heavy atom. The van der Waals surface area contributed by atoms with Gasteiger partial charge < -0.3 is 4.90 Å². The molecule has 0 spiro atoms. The van der Waals surface area contributed by atoms with Crippen LogP contribution in [-0.2, 0) is 6.18 Å². The van der Waals surface area contributed by atoms with Gasteiger partial charge in [-0.1, -0.05) is 11.3 Å². The van der Waals surface area contributed by atoms with Gasteiger partial charge in [-0.2, -0.15) is 13.2 Å². The van der Waals surface area contributed by atoms with E-state index in [-0.39, 0.29) is 29.6 Å². The molecule has 2 bridgehead atoms. The lowest BCUT2D eigenvalue weighted by molar-refractivity contribution is -0.137. The highest BCUT2D eigenvalue weighted by Crippen LogP contribution is 2.41. The van der Waals surface area contributed by atoms with Crippen molar-refractivity contribution < 1.29 is 18.0 Å². The number of hydrogen-bond acceptors (Lipinski definition) is 3. The molecule has 2 aliphatic rings. The Morgan fingerprint density at radius 1 is 1.12 bits per heavy atom. The van der Waals surface area contributed by atoms with Gasteiger partial charge in [-0.3, -0.25) is 4.79 Å². The van der Waals surface area contributed by atoms with Crippen LogP contribution in [0.2, 0.25) is 0 Å². The molecule has 1 aromatic carbocycles. The van der Waals surface area contributed by atoms with E-state index >= 15 is 0 Å². The van der Waals surface area contributed by atoms with Crippen LogP contribution in [-0.4, -0.2) is 37.9 Å². The Balaban J connectivity index is 1.56. The molecule has 0 radical (unpaired) electrons. The zero-order valence-electron chi connectivity index (χ0n) is 13.4. The van der Waals surface area contributed by atoms with Crippen LogP contribution >= 0.6 is 0 Å². The molecule has 4 rings (SSSR count). The number of carbonyl (C=O) groups excluding carboxylic acids is 1. The molecule has 0 N–H and O–H groups in total. The third kappa shape index (κ3) is 2.89. The molecule has 2 fully saturated rings. The summed E-state index contributed by atoms with van der Waals surface area (Å²) in [6.07, 6.45) is 2.25. The SMILES string of the molecule is O=C(c1cccc(C(F)(F)F)c1)N1C2CCC1CC(n1ccnn1)C2. The lowest BCUT2D eigenvalue weighted by Gasteiger charge is -2.39. The van der Waals surface area contributed by atoms with Gasteiger partial charge in [0.05, 0.1) is 17.8 Å². The van der Waals surface area contributed by atoms with E-state index in [1.165, 1.54) is 12.1 Å². The first kappa shape index (κ1) is 16.1. The van der Waals surface area contributed by atoms with Crippen molar-refractivity contribution >= 4 is 5.91 Å². The molecule has 2 aromatic rings. The summed E-state index contributed by atoms with van der Waals surface area (Å²) in [6.45, 7) is 0. The molecule has 1 amide bonds. The number of halogens is 3. The zero-order valence-corrected chi connectivity index (χ0v) is 13.4. The normalized spacial score (nSPS) is 26.0. The van der Waals surface area contributed by atoms with Crippen LogP contribution in [0, 0.1) is 0 Å². The molecule has 0 saturated carbocycles. The first-order valence-electron chi connectivity index (χ1n) is 8.29. The minimum Gasteiger partial charge on any atom is -0.333 e. The minimum atomic E-state index is -4.45. The maximum absolute atomic E-state index is 12.9. The van der Waals surface area contributed by atoms with Crippen LogP contribution in [0.5, 0.6) is 0 Å². The van der Waals surface area contributed by atoms with Crippen LogP contribution in [0.3, 0.4) is 0 Å². The summed E-state index contributed by atoms with van der Waals surface area (Å²) in [5.41, 5.74) is -0.686. The molecule has 8 heteroatoms. The number of alkyl halides is 3. The zero-order chi connectivity index (χ0) is 17.6. The Hall–Kier alpha value is -2.38. The van der Waals surface area contributed by atoms with Crippen LogP contribution < -0.4 is 0 Å². The van der Waals surface area contributed by atoms with E-state index in [1.807, 2.05) is 10.9 Å². The van der Waals surface area contributed by atoms with Crippen LogP contribution in [0.4, 0.5) is 13.2 Å². The number of aromatic nitrogens is 3. The number of nitrogens with zero attached hydrogens (tertiary/aromatic N) is 4. The lowest BCUT2D eigenvalue weighted by atomic mass is 9.96. The van der Waals surface area contributed by atoms with Crippen molar-refractivity contribution in [2.45, 2.75) is 50.0 Å². The van der Waals surface area contributed by atoms with E-state index in [9.17, 15) is 18.0 Å². The number of hydrogen-bond donors (Lipinski definition) is 0. The first-order chi connectivity index (χ1) is 11.9. The van der Waals surface area contributed by atoms with Gasteiger partial charge in [0.25, 0.3) is 5.91 Å². The summed E-state index contributed by atoms with van der Waals surface area (Å²) in [5, 5.41) is 7.87. The molecule has 0 aliphatic carbocycles. The van der Waals surface area contributed by atoms with E-state index in [1.54, 1.807) is 11.1 Å². The predicted molar refractivity (Wildman–Crippen MR) is 82.7 cm³/mol. The van der Waals surface area contributed by atoms with Crippen LogP contribution in [0.1, 0.15) is 47.6 Å². The van der Waals surface area contributed by atoms with Crippen molar-refractivity contribution in [3.8, 4) is 0 Å². The Morgan fingerprint density at radius 2 is 1.84 bits per heavy atom. The third-order valence-corrected chi connectivity index (χ3v) is 5.19. The summed E-state index contributed by atoms with van der Waals surface area (Å²) in [5.74, 6) is -0.310. The first-order valence-corrected chi connectivity index (χ1v) is 8.29. The molecular weight excluding hydrogens is 333 g/mol. The van der Waals surface area contributed by atoms with Gasteiger partial charge in [0, 0.05) is 23.8 Å². The minimum absolute atomic E-state index is 0.0370. The molecule has 2 atom stereocenters. The Labute approximate surface area is 142 Å². The van der Waals surface area contributed by atoms with Crippen LogP contribution in [0.25, 0.3) is 0 Å². The van der Waals surface area contributed by atoms with Gasteiger partial charge >= 0.3 is 6.18 Å². The van der Waals surface area contributed by atoms with E-state index < -0.39 is 11.7 Å². The average Bonchev–Trinajstić information content (AvgIpc) is 3.20. The fourth-order valence-electron chi connectivity index (χ4n) is 4.09. The highest BCUT2D eigenvalue weighted by atomic mass is 19.4. The number of benzene rings is 1. The Bertz CT molecular complexity index is 760. The summed E-state index contributed by atoms with van der Waals surface area (Å²) in [4.78, 5) is 14.6. The van der Waals surface area contributed by atoms with Crippen molar-refractivity contribution in [2.24, 2.45) is 0 Å². The standard InChI is InChI=1S/C17H17F3N4O/c18-17(19,20)12-3-1-2-11(8-12)16(25)24-13-4-5-14(24)10-15(9-13)23-7-6-21-22-23/h1-3,6-8,13-15H,4-5,9-10H2. The molecule has 25 heavy (non-hydrogen) atoms. The number of amides is 1. The average molecular weight is 350 g/mol. The smallest absolute Gasteiger partial charge is 0.333 e. The predicted octanol–water partition coefficient (Wildman–Crippen LogP) is 3.31. The van der Waals surface area contributed by atoms with Crippen molar-refractivity contribution in [3.63, 3.8) is 0 Å². The maximum atomic E-state index is 12.9. The van der Waals surface area contributed by atoms with E-state index in [0.717, 1.165) is 37.8 Å². The molecular formula is C17H17F3N4O. The molecule has 2 unspecified atom stereocenters. The van der Waals surface area contributed by atoms with E-state index in [0.29, 0.717) is 0 Å². The summed E-state index contributed by atoms with van der Waals surface area (Å²) in [6, 6.07) is 4.95. The van der Waals surface area contributed by atoms with E-state index in [2.05, 4.69) is 10.3 Å². The van der Waals surface area contributed by atoms with Gasteiger partial charge in [0.2, 0.25) is 0 Å². The monoisotopic (exact) mass is 350 g/mol. The van der Waals surface area contributed by atoms with Crippen LogP contribution in [0.15, 0.2) is 36.7 Å². The molecule has 5 nitrogen and oxygen atoms in total. The lowest BCUT2D eigenvalue weighted by Crippen LogP contribution is -2.47. The van der Waals surface area contributed by atoms with Gasteiger partial charge in [-0.15, -0.1) is 5.10 Å².